The highest BCUT2D eigenvalue weighted by atomic mass is 16.5. The predicted molar refractivity (Wildman–Crippen MR) is 121 cm³/mol. The zero-order valence-corrected chi connectivity index (χ0v) is 17.8. The average Bonchev–Trinajstić information content (AvgIpc) is 2.84. The minimum absolute atomic E-state index is 0.233. The van der Waals surface area contributed by atoms with E-state index in [0.29, 0.717) is 18.2 Å². The minimum atomic E-state index is -0.233. The molecule has 2 heterocycles. The number of nitrogens with zero attached hydrogens (tertiary/aromatic N) is 3. The molecule has 1 aliphatic heterocycles. The molecule has 0 atom stereocenters. The molecular formula is C25H28N4O2. The highest BCUT2D eigenvalue weighted by molar-refractivity contribution is 5.92. The second-order valence-corrected chi connectivity index (χ2v) is 7.93. The molecule has 0 radical (unpaired) electrons. The van der Waals surface area contributed by atoms with Gasteiger partial charge in [0, 0.05) is 19.6 Å². The molecule has 0 bridgehead atoms. The maximum Gasteiger partial charge on any atom is 0.272 e. The molecule has 1 saturated heterocycles. The van der Waals surface area contributed by atoms with Crippen molar-refractivity contribution < 1.29 is 9.53 Å². The van der Waals surface area contributed by atoms with Crippen LogP contribution in [0.2, 0.25) is 0 Å². The number of methoxy groups -OCH3 is 1. The van der Waals surface area contributed by atoms with Crippen LogP contribution in [0.5, 0.6) is 5.75 Å². The Morgan fingerprint density at radius 2 is 1.77 bits per heavy atom. The Hall–Kier alpha value is -3.41. The smallest absolute Gasteiger partial charge is 0.272 e. The van der Waals surface area contributed by atoms with Crippen LogP contribution >= 0.6 is 0 Å². The highest BCUT2D eigenvalue weighted by Crippen LogP contribution is 2.24. The summed E-state index contributed by atoms with van der Waals surface area (Å²) in [6, 6.07) is 21.9. The van der Waals surface area contributed by atoms with E-state index in [2.05, 4.69) is 50.7 Å². The summed E-state index contributed by atoms with van der Waals surface area (Å²) < 4.78 is 5.21. The van der Waals surface area contributed by atoms with E-state index < -0.39 is 0 Å². The molecular weight excluding hydrogens is 388 g/mol. The highest BCUT2D eigenvalue weighted by Gasteiger charge is 2.21. The molecule has 3 aromatic rings. The van der Waals surface area contributed by atoms with Crippen LogP contribution in [0.3, 0.4) is 0 Å². The van der Waals surface area contributed by atoms with Crippen molar-refractivity contribution in [2.24, 2.45) is 5.92 Å². The number of ether oxygens (including phenoxy) is 1. The SMILES string of the molecule is COc1cccc(CNC(=O)c2ccc(N3CCC(Cc4ccccc4)CC3)nn2)c1. The van der Waals surface area contributed by atoms with E-state index in [9.17, 15) is 4.79 Å². The summed E-state index contributed by atoms with van der Waals surface area (Å²) in [6.45, 7) is 2.34. The minimum Gasteiger partial charge on any atom is -0.497 e. The molecule has 1 amide bonds. The Balaban J connectivity index is 1.27. The lowest BCUT2D eigenvalue weighted by Gasteiger charge is -2.32. The number of amides is 1. The average molecular weight is 417 g/mol. The number of benzene rings is 2. The van der Waals surface area contributed by atoms with Gasteiger partial charge < -0.3 is 15.0 Å². The summed E-state index contributed by atoms with van der Waals surface area (Å²) in [5.74, 6) is 2.07. The lowest BCUT2D eigenvalue weighted by atomic mass is 9.90. The first kappa shape index (κ1) is 20.8. The monoisotopic (exact) mass is 416 g/mol. The molecule has 0 saturated carbocycles. The maximum absolute atomic E-state index is 12.4. The number of nitrogens with one attached hydrogen (secondary N) is 1. The molecule has 0 unspecified atom stereocenters. The largest absolute Gasteiger partial charge is 0.497 e. The molecule has 0 aliphatic carbocycles. The normalized spacial score (nSPS) is 14.3. The molecule has 1 aliphatic rings. The second kappa shape index (κ2) is 10.1. The lowest BCUT2D eigenvalue weighted by Crippen LogP contribution is -2.35. The van der Waals surface area contributed by atoms with Crippen LogP contribution in [0.1, 0.15) is 34.5 Å². The van der Waals surface area contributed by atoms with Gasteiger partial charge >= 0.3 is 0 Å². The van der Waals surface area contributed by atoms with Crippen molar-refractivity contribution in [1.82, 2.24) is 15.5 Å². The summed E-state index contributed by atoms with van der Waals surface area (Å²) in [7, 11) is 1.63. The van der Waals surface area contributed by atoms with Gasteiger partial charge in [-0.25, -0.2) is 0 Å². The number of rotatable bonds is 7. The molecule has 1 fully saturated rings. The molecule has 31 heavy (non-hydrogen) atoms. The Kier molecular flexibility index (Phi) is 6.77. The molecule has 2 aromatic carbocycles. The van der Waals surface area contributed by atoms with Gasteiger partial charge in [-0.1, -0.05) is 42.5 Å². The van der Waals surface area contributed by atoms with Crippen molar-refractivity contribution in [1.29, 1.82) is 0 Å². The van der Waals surface area contributed by atoms with Gasteiger partial charge in [0.2, 0.25) is 0 Å². The quantitative estimate of drug-likeness (QED) is 0.633. The summed E-state index contributed by atoms with van der Waals surface area (Å²) >= 11 is 0. The van der Waals surface area contributed by atoms with Gasteiger partial charge in [0.1, 0.15) is 5.75 Å². The van der Waals surface area contributed by atoms with E-state index >= 15 is 0 Å². The van der Waals surface area contributed by atoms with Crippen molar-refractivity contribution in [3.63, 3.8) is 0 Å². The van der Waals surface area contributed by atoms with Crippen LogP contribution in [-0.4, -0.2) is 36.3 Å². The fraction of sp³-hybridized carbons (Fsp3) is 0.320. The summed E-state index contributed by atoms with van der Waals surface area (Å²) in [4.78, 5) is 14.7. The van der Waals surface area contributed by atoms with Crippen LogP contribution in [0.4, 0.5) is 5.82 Å². The van der Waals surface area contributed by atoms with Crippen LogP contribution < -0.4 is 15.0 Å². The van der Waals surface area contributed by atoms with Crippen LogP contribution in [0.15, 0.2) is 66.7 Å². The molecule has 6 heteroatoms. The first-order valence-corrected chi connectivity index (χ1v) is 10.7. The van der Waals surface area contributed by atoms with E-state index in [1.807, 2.05) is 30.3 Å². The summed E-state index contributed by atoms with van der Waals surface area (Å²) in [6.07, 6.45) is 3.41. The standard InChI is InChI=1S/C25H28N4O2/c1-31-22-9-5-8-21(17-22)18-26-25(30)23-10-11-24(28-27-23)29-14-12-20(13-15-29)16-19-6-3-2-4-7-19/h2-11,17,20H,12-16,18H2,1H3,(H,26,30). The number of anilines is 1. The Morgan fingerprint density at radius 1 is 1.00 bits per heavy atom. The van der Waals surface area contributed by atoms with Gasteiger partial charge in [0.15, 0.2) is 11.5 Å². The third kappa shape index (κ3) is 5.60. The van der Waals surface area contributed by atoms with Crippen molar-refractivity contribution in [3.05, 3.63) is 83.6 Å². The van der Waals surface area contributed by atoms with Gasteiger partial charge in [-0.2, -0.15) is 0 Å². The molecule has 160 valence electrons. The molecule has 0 spiro atoms. The second-order valence-electron chi connectivity index (χ2n) is 7.93. The van der Waals surface area contributed by atoms with Gasteiger partial charge in [-0.15, -0.1) is 10.2 Å². The van der Waals surface area contributed by atoms with Crippen LogP contribution in [0, 0.1) is 5.92 Å². The van der Waals surface area contributed by atoms with Gasteiger partial charge in [0.25, 0.3) is 5.91 Å². The van der Waals surface area contributed by atoms with E-state index in [-0.39, 0.29) is 5.91 Å². The lowest BCUT2D eigenvalue weighted by molar-refractivity contribution is 0.0945. The van der Waals surface area contributed by atoms with Crippen LogP contribution in [0.25, 0.3) is 0 Å². The number of piperidine rings is 1. The zero-order chi connectivity index (χ0) is 21.5. The number of carbonyl (C=O) groups excluding carboxylic acids is 1. The molecule has 1 aromatic heterocycles. The summed E-state index contributed by atoms with van der Waals surface area (Å²) in [5.41, 5.74) is 2.70. The number of hydrogen-bond donors (Lipinski definition) is 1. The van der Waals surface area contributed by atoms with Gasteiger partial charge in [-0.3, -0.25) is 4.79 Å². The van der Waals surface area contributed by atoms with Gasteiger partial charge in [0.05, 0.1) is 7.11 Å². The van der Waals surface area contributed by atoms with E-state index in [1.165, 1.54) is 5.56 Å². The molecule has 6 nitrogen and oxygen atoms in total. The van der Waals surface area contributed by atoms with Crippen molar-refractivity contribution in [3.8, 4) is 5.75 Å². The van der Waals surface area contributed by atoms with Crippen molar-refractivity contribution in [2.75, 3.05) is 25.1 Å². The fourth-order valence-electron chi connectivity index (χ4n) is 3.98. The zero-order valence-electron chi connectivity index (χ0n) is 17.8. The third-order valence-corrected chi connectivity index (χ3v) is 5.78. The third-order valence-electron chi connectivity index (χ3n) is 5.78. The number of aromatic nitrogens is 2. The molecule has 1 N–H and O–H groups in total. The van der Waals surface area contributed by atoms with Crippen molar-refractivity contribution >= 4 is 11.7 Å². The Bertz CT molecular complexity index is 984. The predicted octanol–water partition coefficient (Wildman–Crippen LogP) is 3.87. The number of carbonyl (C=O) groups is 1. The fourth-order valence-corrected chi connectivity index (χ4v) is 3.98. The Labute approximate surface area is 183 Å². The number of hydrogen-bond acceptors (Lipinski definition) is 5. The Morgan fingerprint density at radius 3 is 2.48 bits per heavy atom. The first-order valence-electron chi connectivity index (χ1n) is 10.7. The topological polar surface area (TPSA) is 67.3 Å². The van der Waals surface area contributed by atoms with Crippen molar-refractivity contribution in [2.45, 2.75) is 25.8 Å². The van der Waals surface area contributed by atoms with Crippen LogP contribution in [-0.2, 0) is 13.0 Å². The summed E-state index contributed by atoms with van der Waals surface area (Å²) in [5, 5.41) is 11.4. The van der Waals surface area contributed by atoms with E-state index in [1.54, 1.807) is 13.2 Å². The maximum atomic E-state index is 12.4. The van der Waals surface area contributed by atoms with E-state index in [4.69, 9.17) is 4.74 Å². The van der Waals surface area contributed by atoms with E-state index in [0.717, 1.165) is 49.5 Å². The van der Waals surface area contributed by atoms with Gasteiger partial charge in [-0.05, 0) is 60.6 Å². The first-order chi connectivity index (χ1) is 15.2. The molecule has 4 rings (SSSR count).